The Balaban J connectivity index is 2.17. The first kappa shape index (κ1) is 13.4. The zero-order valence-electron chi connectivity index (χ0n) is 10.8. The van der Waals surface area contributed by atoms with Crippen molar-refractivity contribution >= 4 is 23.4 Å². The molecule has 100 valence electrons. The molecule has 2 rings (SSSR count). The highest BCUT2D eigenvalue weighted by atomic mass is 35.5. The first-order valence-corrected chi connectivity index (χ1v) is 6.66. The van der Waals surface area contributed by atoms with Crippen LogP contribution in [0.3, 0.4) is 0 Å². The summed E-state index contributed by atoms with van der Waals surface area (Å²) < 4.78 is 0. The van der Waals surface area contributed by atoms with Crippen LogP contribution in [0.4, 0.5) is 11.8 Å². The minimum atomic E-state index is 0.253. The Kier molecular flexibility index (Phi) is 3.92. The summed E-state index contributed by atoms with van der Waals surface area (Å²) in [6.07, 6.45) is 6.44. The Bertz CT molecular complexity index is 421. The smallest absolute Gasteiger partial charge is 0.239 e. The molecule has 1 unspecified atom stereocenters. The van der Waals surface area contributed by atoms with E-state index in [1.807, 2.05) is 0 Å². The fourth-order valence-corrected chi connectivity index (χ4v) is 2.61. The van der Waals surface area contributed by atoms with Gasteiger partial charge in [0.05, 0.1) is 6.20 Å². The number of nitrogens with two attached hydrogens (primary N) is 1. The monoisotopic (exact) mass is 269 g/mol. The molecule has 1 aliphatic rings. The molecule has 6 heteroatoms. The summed E-state index contributed by atoms with van der Waals surface area (Å²) in [6, 6.07) is 0.379. The van der Waals surface area contributed by atoms with E-state index in [2.05, 4.69) is 34.6 Å². The zero-order chi connectivity index (χ0) is 13.2. The van der Waals surface area contributed by atoms with Crippen molar-refractivity contribution < 1.29 is 0 Å². The van der Waals surface area contributed by atoms with Crippen molar-refractivity contribution in [3.8, 4) is 0 Å². The van der Waals surface area contributed by atoms with Crippen LogP contribution in [0.5, 0.6) is 0 Å². The minimum absolute atomic E-state index is 0.253. The molecule has 1 aromatic rings. The summed E-state index contributed by atoms with van der Waals surface area (Å²) in [5.74, 6) is 6.33. The summed E-state index contributed by atoms with van der Waals surface area (Å²) in [5, 5.41) is 3.96. The molecule has 0 aliphatic heterocycles. The van der Waals surface area contributed by atoms with E-state index in [9.17, 15) is 0 Å². The van der Waals surface area contributed by atoms with Gasteiger partial charge in [-0.05, 0) is 18.3 Å². The normalized spacial score (nSPS) is 22.6. The Hall–Kier alpha value is -1.07. The van der Waals surface area contributed by atoms with Crippen molar-refractivity contribution in [2.45, 2.75) is 45.6 Å². The van der Waals surface area contributed by atoms with Gasteiger partial charge in [-0.25, -0.2) is 10.8 Å². The van der Waals surface area contributed by atoms with Crippen LogP contribution in [0.15, 0.2) is 6.20 Å². The first-order valence-electron chi connectivity index (χ1n) is 6.28. The summed E-state index contributed by atoms with van der Waals surface area (Å²) in [5.41, 5.74) is 2.68. The maximum atomic E-state index is 6.11. The van der Waals surface area contributed by atoms with Crippen molar-refractivity contribution in [2.24, 2.45) is 11.3 Å². The molecular weight excluding hydrogens is 250 g/mol. The molecule has 1 atom stereocenters. The van der Waals surface area contributed by atoms with Crippen molar-refractivity contribution in [3.05, 3.63) is 11.2 Å². The fourth-order valence-electron chi connectivity index (χ4n) is 2.46. The summed E-state index contributed by atoms with van der Waals surface area (Å²) in [6.45, 7) is 4.56. The lowest BCUT2D eigenvalue weighted by atomic mass is 9.73. The molecule has 0 radical (unpaired) electrons. The average molecular weight is 270 g/mol. The van der Waals surface area contributed by atoms with Gasteiger partial charge >= 0.3 is 0 Å². The van der Waals surface area contributed by atoms with Crippen molar-refractivity contribution in [3.63, 3.8) is 0 Å². The van der Waals surface area contributed by atoms with Crippen LogP contribution in [-0.4, -0.2) is 16.0 Å². The van der Waals surface area contributed by atoms with Crippen LogP contribution < -0.4 is 16.6 Å². The van der Waals surface area contributed by atoms with Gasteiger partial charge in [0.15, 0.2) is 5.82 Å². The lowest BCUT2D eigenvalue weighted by Gasteiger charge is -2.39. The van der Waals surface area contributed by atoms with E-state index >= 15 is 0 Å². The summed E-state index contributed by atoms with van der Waals surface area (Å²) in [4.78, 5) is 8.23. The van der Waals surface area contributed by atoms with E-state index in [1.54, 1.807) is 6.20 Å². The predicted octanol–water partition coefficient (Wildman–Crippen LogP) is 2.80. The highest BCUT2D eigenvalue weighted by Crippen LogP contribution is 2.37. The molecule has 0 spiro atoms. The number of hydrogen-bond acceptors (Lipinski definition) is 5. The number of anilines is 2. The van der Waals surface area contributed by atoms with Gasteiger partial charge in [0.25, 0.3) is 0 Å². The van der Waals surface area contributed by atoms with Crippen LogP contribution in [0.1, 0.15) is 39.5 Å². The molecule has 0 bridgehead atoms. The van der Waals surface area contributed by atoms with Gasteiger partial charge in [-0.2, -0.15) is 4.98 Å². The minimum Gasteiger partial charge on any atom is -0.365 e. The van der Waals surface area contributed by atoms with E-state index in [1.165, 1.54) is 19.3 Å². The molecule has 1 fully saturated rings. The van der Waals surface area contributed by atoms with Crippen molar-refractivity contribution in [2.75, 3.05) is 10.7 Å². The molecule has 1 saturated carbocycles. The number of aromatic nitrogens is 2. The quantitative estimate of drug-likeness (QED) is 0.581. The summed E-state index contributed by atoms with van der Waals surface area (Å²) >= 11 is 6.11. The van der Waals surface area contributed by atoms with Crippen LogP contribution >= 0.6 is 11.6 Å². The second-order valence-corrected chi connectivity index (χ2v) is 5.87. The molecule has 5 nitrogen and oxygen atoms in total. The topological polar surface area (TPSA) is 75.9 Å². The molecule has 1 aromatic heterocycles. The Labute approximate surface area is 112 Å². The van der Waals surface area contributed by atoms with E-state index in [0.29, 0.717) is 22.8 Å². The van der Waals surface area contributed by atoms with Gasteiger partial charge in [0.1, 0.15) is 5.02 Å². The van der Waals surface area contributed by atoms with E-state index in [4.69, 9.17) is 17.4 Å². The van der Waals surface area contributed by atoms with Crippen LogP contribution in [0.2, 0.25) is 5.02 Å². The number of hydrazine groups is 1. The standard InChI is InChI=1S/C12H20ClN5/c1-12(2)6-4-3-5-9(12)16-10-8(13)7-15-11(17-10)18-14/h7,9H,3-6,14H2,1-2H3,(H2,15,16,17,18). The van der Waals surface area contributed by atoms with Gasteiger partial charge in [-0.3, -0.25) is 5.43 Å². The lowest BCUT2D eigenvalue weighted by Crippen LogP contribution is -2.39. The van der Waals surface area contributed by atoms with Gasteiger partial charge in [-0.1, -0.05) is 38.3 Å². The number of nitrogen functional groups attached to an aromatic ring is 1. The molecule has 0 amide bonds. The molecular formula is C12H20ClN5. The molecule has 1 aliphatic carbocycles. The largest absolute Gasteiger partial charge is 0.365 e. The Morgan fingerprint density at radius 1 is 1.44 bits per heavy atom. The maximum Gasteiger partial charge on any atom is 0.239 e. The number of nitrogens with zero attached hydrogens (tertiary/aromatic N) is 2. The van der Waals surface area contributed by atoms with Crippen LogP contribution in [0.25, 0.3) is 0 Å². The van der Waals surface area contributed by atoms with Gasteiger partial charge < -0.3 is 5.32 Å². The van der Waals surface area contributed by atoms with Gasteiger partial charge in [0.2, 0.25) is 5.95 Å². The number of rotatable bonds is 3. The fraction of sp³-hybridized carbons (Fsp3) is 0.667. The predicted molar refractivity (Wildman–Crippen MR) is 74.5 cm³/mol. The molecule has 0 aromatic carbocycles. The van der Waals surface area contributed by atoms with Gasteiger partial charge in [-0.15, -0.1) is 0 Å². The van der Waals surface area contributed by atoms with E-state index in [-0.39, 0.29) is 5.41 Å². The van der Waals surface area contributed by atoms with Crippen LogP contribution in [0, 0.1) is 5.41 Å². The lowest BCUT2D eigenvalue weighted by molar-refractivity contribution is 0.216. The maximum absolute atomic E-state index is 6.11. The molecule has 4 N–H and O–H groups in total. The second-order valence-electron chi connectivity index (χ2n) is 5.47. The third-order valence-corrected chi connectivity index (χ3v) is 3.97. The third-order valence-electron chi connectivity index (χ3n) is 3.69. The zero-order valence-corrected chi connectivity index (χ0v) is 11.6. The van der Waals surface area contributed by atoms with Crippen LogP contribution in [-0.2, 0) is 0 Å². The SMILES string of the molecule is CC1(C)CCCCC1Nc1nc(NN)ncc1Cl. The van der Waals surface area contributed by atoms with Crippen molar-refractivity contribution in [1.29, 1.82) is 0 Å². The molecule has 0 saturated heterocycles. The van der Waals surface area contributed by atoms with E-state index in [0.717, 1.165) is 6.42 Å². The highest BCUT2D eigenvalue weighted by Gasteiger charge is 2.32. The van der Waals surface area contributed by atoms with Gasteiger partial charge in [0, 0.05) is 6.04 Å². The highest BCUT2D eigenvalue weighted by molar-refractivity contribution is 6.32. The second kappa shape index (κ2) is 5.28. The number of nitrogens with one attached hydrogen (secondary N) is 2. The average Bonchev–Trinajstić information content (AvgIpc) is 2.34. The number of hydrogen-bond donors (Lipinski definition) is 3. The molecule has 1 heterocycles. The Morgan fingerprint density at radius 2 is 2.22 bits per heavy atom. The van der Waals surface area contributed by atoms with E-state index < -0.39 is 0 Å². The third kappa shape index (κ3) is 2.84. The van der Waals surface area contributed by atoms with Crippen molar-refractivity contribution in [1.82, 2.24) is 9.97 Å². The Morgan fingerprint density at radius 3 is 2.89 bits per heavy atom. The first-order chi connectivity index (χ1) is 8.53. The molecule has 18 heavy (non-hydrogen) atoms. The number of halogens is 1. The summed E-state index contributed by atoms with van der Waals surface area (Å²) in [7, 11) is 0.